The van der Waals surface area contributed by atoms with Gasteiger partial charge in [0.05, 0.1) is 0 Å². The number of phenolic OH excluding ortho intramolecular Hbond substituents is 1. The van der Waals surface area contributed by atoms with Gasteiger partial charge >= 0.3 is 0 Å². The molecule has 0 radical (unpaired) electrons. The molecule has 40 heavy (non-hydrogen) atoms. The summed E-state index contributed by atoms with van der Waals surface area (Å²) in [6, 6.07) is 49.3. The Bertz CT molecular complexity index is 2070. The second kappa shape index (κ2) is 8.97. The summed E-state index contributed by atoms with van der Waals surface area (Å²) in [5.41, 5.74) is 12.4. The van der Waals surface area contributed by atoms with E-state index in [9.17, 15) is 5.11 Å². The van der Waals surface area contributed by atoms with Crippen molar-refractivity contribution in [3.05, 3.63) is 151 Å². The summed E-state index contributed by atoms with van der Waals surface area (Å²) < 4.78 is 0. The minimum atomic E-state index is 0.289. The number of phenols is 1. The molecule has 0 fully saturated rings. The lowest BCUT2D eigenvalue weighted by atomic mass is 9.85. The summed E-state index contributed by atoms with van der Waals surface area (Å²) >= 11 is 0. The molecule has 0 atom stereocenters. The maximum absolute atomic E-state index is 11.1. The largest absolute Gasteiger partial charge is 0.508 e. The summed E-state index contributed by atoms with van der Waals surface area (Å²) in [7, 11) is 0. The molecule has 188 valence electrons. The average molecular weight is 511 g/mol. The molecular weight excluding hydrogens is 484 g/mol. The molecule has 1 N–H and O–H groups in total. The van der Waals surface area contributed by atoms with Crippen molar-refractivity contribution in [3.63, 3.8) is 0 Å². The zero-order valence-corrected chi connectivity index (χ0v) is 21.9. The molecule has 0 aromatic heterocycles. The Morgan fingerprint density at radius 2 is 1.12 bits per heavy atom. The highest BCUT2D eigenvalue weighted by atomic mass is 16.3. The smallest absolute Gasteiger partial charge is 0.116 e. The first kappa shape index (κ1) is 22.8. The van der Waals surface area contributed by atoms with E-state index in [1.165, 1.54) is 55.5 Å². The summed E-state index contributed by atoms with van der Waals surface area (Å²) in [6.45, 7) is 0. The molecule has 1 heteroatoms. The first-order chi connectivity index (χ1) is 19.7. The summed E-state index contributed by atoms with van der Waals surface area (Å²) in [6.07, 6.45) is 0.853. The van der Waals surface area contributed by atoms with Gasteiger partial charge < -0.3 is 5.11 Å². The summed E-state index contributed by atoms with van der Waals surface area (Å²) in [5, 5.41) is 15.6. The molecule has 0 unspecified atom stereocenters. The van der Waals surface area contributed by atoms with E-state index in [0.29, 0.717) is 0 Å². The highest BCUT2D eigenvalue weighted by Crippen LogP contribution is 2.49. The lowest BCUT2D eigenvalue weighted by Gasteiger charge is -2.19. The fourth-order valence-corrected chi connectivity index (χ4v) is 6.56. The quantitative estimate of drug-likeness (QED) is 0.234. The van der Waals surface area contributed by atoms with Crippen LogP contribution in [-0.2, 0) is 6.42 Å². The van der Waals surface area contributed by atoms with Gasteiger partial charge in [-0.1, -0.05) is 127 Å². The van der Waals surface area contributed by atoms with Crippen LogP contribution < -0.4 is 0 Å². The fourth-order valence-electron chi connectivity index (χ4n) is 6.56. The number of hydrogen-bond donors (Lipinski definition) is 1. The molecule has 0 spiro atoms. The number of benzene rings is 7. The molecule has 0 amide bonds. The van der Waals surface area contributed by atoms with Crippen LogP contribution in [0.25, 0.3) is 66.1 Å². The third kappa shape index (κ3) is 3.56. The van der Waals surface area contributed by atoms with Crippen molar-refractivity contribution in [3.8, 4) is 50.3 Å². The van der Waals surface area contributed by atoms with Crippen LogP contribution in [0.4, 0.5) is 0 Å². The van der Waals surface area contributed by atoms with E-state index in [1.54, 1.807) is 0 Å². The van der Waals surface area contributed by atoms with Crippen molar-refractivity contribution in [2.45, 2.75) is 6.42 Å². The van der Waals surface area contributed by atoms with Gasteiger partial charge in [-0.15, -0.1) is 0 Å². The highest BCUT2D eigenvalue weighted by molar-refractivity contribution is 6.14. The topological polar surface area (TPSA) is 20.2 Å². The first-order valence-electron chi connectivity index (χ1n) is 13.8. The second-order valence-electron chi connectivity index (χ2n) is 10.7. The molecule has 0 heterocycles. The Balaban J connectivity index is 1.41. The van der Waals surface area contributed by atoms with Crippen LogP contribution >= 0.6 is 0 Å². The van der Waals surface area contributed by atoms with Gasteiger partial charge in [0, 0.05) is 0 Å². The van der Waals surface area contributed by atoms with Crippen LogP contribution in [0, 0.1) is 0 Å². The van der Waals surface area contributed by atoms with E-state index in [2.05, 4.69) is 127 Å². The highest BCUT2D eigenvalue weighted by Gasteiger charge is 2.26. The average Bonchev–Trinajstić information content (AvgIpc) is 3.39. The van der Waals surface area contributed by atoms with E-state index in [1.807, 2.05) is 12.1 Å². The molecule has 1 nitrogen and oxygen atoms in total. The second-order valence-corrected chi connectivity index (χ2v) is 10.7. The Morgan fingerprint density at radius 1 is 0.425 bits per heavy atom. The molecule has 0 bridgehead atoms. The van der Waals surface area contributed by atoms with Crippen LogP contribution in [-0.4, -0.2) is 5.11 Å². The minimum Gasteiger partial charge on any atom is -0.508 e. The Morgan fingerprint density at radius 3 is 1.95 bits per heavy atom. The Labute approximate surface area is 233 Å². The third-order valence-electron chi connectivity index (χ3n) is 8.38. The van der Waals surface area contributed by atoms with E-state index in [4.69, 9.17) is 0 Å². The molecule has 7 aromatic carbocycles. The first-order valence-corrected chi connectivity index (χ1v) is 13.8. The Kier molecular flexibility index (Phi) is 5.11. The van der Waals surface area contributed by atoms with Gasteiger partial charge in [0.15, 0.2) is 0 Å². The molecule has 0 aliphatic heterocycles. The van der Waals surface area contributed by atoms with Crippen LogP contribution in [0.1, 0.15) is 11.1 Å². The minimum absolute atomic E-state index is 0.289. The van der Waals surface area contributed by atoms with E-state index in [-0.39, 0.29) is 5.75 Å². The van der Waals surface area contributed by atoms with Gasteiger partial charge in [-0.2, -0.15) is 0 Å². The third-order valence-corrected chi connectivity index (χ3v) is 8.38. The van der Waals surface area contributed by atoms with Gasteiger partial charge in [0.25, 0.3) is 0 Å². The van der Waals surface area contributed by atoms with E-state index in [0.717, 1.165) is 28.1 Å². The summed E-state index contributed by atoms with van der Waals surface area (Å²) in [5.74, 6) is 0.289. The van der Waals surface area contributed by atoms with Crippen LogP contribution in [0.15, 0.2) is 140 Å². The molecule has 8 rings (SSSR count). The molecule has 1 aliphatic carbocycles. The van der Waals surface area contributed by atoms with E-state index < -0.39 is 0 Å². The van der Waals surface area contributed by atoms with Crippen LogP contribution in [0.5, 0.6) is 5.75 Å². The number of aromatic hydroxyl groups is 1. The monoisotopic (exact) mass is 510 g/mol. The van der Waals surface area contributed by atoms with Gasteiger partial charge in [0.2, 0.25) is 0 Å². The number of fused-ring (bicyclic) bond motifs is 6. The van der Waals surface area contributed by atoms with Gasteiger partial charge in [0.1, 0.15) is 5.75 Å². The van der Waals surface area contributed by atoms with Crippen LogP contribution in [0.3, 0.4) is 0 Å². The predicted molar refractivity (Wildman–Crippen MR) is 168 cm³/mol. The lowest BCUT2D eigenvalue weighted by molar-refractivity contribution is 0.476. The molecular formula is C39H26O. The van der Waals surface area contributed by atoms with Crippen molar-refractivity contribution in [2.24, 2.45) is 0 Å². The van der Waals surface area contributed by atoms with Gasteiger partial charge in [-0.05, 0) is 95.7 Å². The molecule has 0 saturated carbocycles. The number of hydrogen-bond acceptors (Lipinski definition) is 1. The van der Waals surface area contributed by atoms with E-state index >= 15 is 0 Å². The maximum Gasteiger partial charge on any atom is 0.116 e. The number of rotatable bonds is 3. The molecule has 1 aliphatic rings. The summed E-state index contributed by atoms with van der Waals surface area (Å²) in [4.78, 5) is 0. The van der Waals surface area contributed by atoms with Gasteiger partial charge in [-0.3, -0.25) is 0 Å². The van der Waals surface area contributed by atoms with Crippen molar-refractivity contribution in [1.82, 2.24) is 0 Å². The van der Waals surface area contributed by atoms with Crippen molar-refractivity contribution in [1.29, 1.82) is 0 Å². The molecule has 0 saturated heterocycles. The van der Waals surface area contributed by atoms with Gasteiger partial charge in [-0.25, -0.2) is 0 Å². The fraction of sp³-hybridized carbons (Fsp3) is 0.0256. The normalized spacial score (nSPS) is 12.0. The predicted octanol–water partition coefficient (Wildman–Crippen LogP) is 10.3. The van der Waals surface area contributed by atoms with Crippen molar-refractivity contribution in [2.75, 3.05) is 0 Å². The molecule has 7 aromatic rings. The Hall–Kier alpha value is -5.14. The maximum atomic E-state index is 11.1. The zero-order valence-electron chi connectivity index (χ0n) is 21.9. The zero-order chi connectivity index (χ0) is 26.6. The van der Waals surface area contributed by atoms with Crippen LogP contribution in [0.2, 0.25) is 0 Å². The van der Waals surface area contributed by atoms with Crippen molar-refractivity contribution < 1.29 is 5.11 Å². The standard InChI is InChI=1S/C39H26O/c40-30-23-36-31-14-8-7-13-27(31)15-18-35(36)38(24-30)39-33(26-11-5-2-6-12-26)19-20-34-32-17-16-28(21-29(32)22-37(34)39)25-9-3-1-4-10-25/h1-21,23-24,40H,22H2. The SMILES string of the molecule is Oc1cc(-c2c(-c3ccccc3)ccc3c2Cc2cc(-c4ccccc4)ccc2-3)c2ccc3ccccc3c2c1. The lowest BCUT2D eigenvalue weighted by Crippen LogP contribution is -1.94. The van der Waals surface area contributed by atoms with Crippen molar-refractivity contribution >= 4 is 21.5 Å².